The Bertz CT molecular complexity index is 712. The molecule has 2 rings (SSSR count). The van der Waals surface area contributed by atoms with Gasteiger partial charge in [0.25, 0.3) is 5.91 Å². The highest BCUT2D eigenvalue weighted by Gasteiger charge is 2.29. The highest BCUT2D eigenvalue weighted by atomic mass is 32.2. The Kier molecular flexibility index (Phi) is 4.43. The molecule has 1 aliphatic heterocycles. The molecule has 0 spiro atoms. The molecule has 1 unspecified atom stereocenters. The number of sulfone groups is 1. The lowest BCUT2D eigenvalue weighted by atomic mass is 10.1. The van der Waals surface area contributed by atoms with E-state index >= 15 is 0 Å². The van der Waals surface area contributed by atoms with Crippen LogP contribution in [-0.2, 0) is 14.6 Å². The second-order valence-electron chi connectivity index (χ2n) is 5.15. The zero-order valence-corrected chi connectivity index (χ0v) is 12.5. The topological polar surface area (TPSA) is 87.0 Å². The molecule has 1 saturated heterocycles. The van der Waals surface area contributed by atoms with Crippen molar-refractivity contribution < 1.29 is 13.2 Å². The minimum absolute atomic E-state index is 0.0249. The fourth-order valence-corrected chi connectivity index (χ4v) is 3.82. The van der Waals surface area contributed by atoms with E-state index in [4.69, 9.17) is 5.26 Å². The summed E-state index contributed by atoms with van der Waals surface area (Å²) in [4.78, 5) is 12.0. The standard InChI is InChI=1S/C15H16N2O3S/c1-11-2-4-12(5-3-11)8-13(9-16)15(18)17-14-6-7-21(19,20)10-14/h2-5,8,14H,6-7,10H2,1H3,(H,17,18)/b13-8+. The SMILES string of the molecule is Cc1ccc(/C=C(\C#N)C(=O)NC2CCS(=O)(=O)C2)cc1. The van der Waals surface area contributed by atoms with Gasteiger partial charge in [0.15, 0.2) is 9.84 Å². The van der Waals surface area contributed by atoms with Crippen molar-refractivity contribution in [3.63, 3.8) is 0 Å². The van der Waals surface area contributed by atoms with Crippen LogP contribution in [-0.4, -0.2) is 31.9 Å². The number of benzene rings is 1. The minimum atomic E-state index is -3.05. The largest absolute Gasteiger partial charge is 0.348 e. The highest BCUT2D eigenvalue weighted by molar-refractivity contribution is 7.91. The Balaban J connectivity index is 2.09. The molecule has 1 aromatic carbocycles. The molecule has 0 saturated carbocycles. The summed E-state index contributed by atoms with van der Waals surface area (Å²) in [7, 11) is -3.05. The maximum Gasteiger partial charge on any atom is 0.262 e. The lowest BCUT2D eigenvalue weighted by Crippen LogP contribution is -2.36. The van der Waals surface area contributed by atoms with E-state index in [0.29, 0.717) is 6.42 Å². The van der Waals surface area contributed by atoms with Crippen LogP contribution in [0.25, 0.3) is 6.08 Å². The molecule has 0 bridgehead atoms. The molecule has 1 heterocycles. The minimum Gasteiger partial charge on any atom is -0.348 e. The first-order valence-electron chi connectivity index (χ1n) is 6.59. The lowest BCUT2D eigenvalue weighted by molar-refractivity contribution is -0.117. The summed E-state index contributed by atoms with van der Waals surface area (Å²) in [5.74, 6) is -0.496. The van der Waals surface area contributed by atoms with Crippen molar-refractivity contribution in [1.82, 2.24) is 5.32 Å². The Morgan fingerprint density at radius 2 is 2.05 bits per heavy atom. The number of amides is 1. The molecule has 0 radical (unpaired) electrons. The summed E-state index contributed by atoms with van der Waals surface area (Å²) in [6, 6.07) is 8.88. The molecular formula is C15H16N2O3S. The molecule has 110 valence electrons. The molecule has 1 atom stereocenters. The molecule has 1 N–H and O–H groups in total. The van der Waals surface area contributed by atoms with Crippen molar-refractivity contribution in [1.29, 1.82) is 5.26 Å². The van der Waals surface area contributed by atoms with Crippen molar-refractivity contribution in [2.75, 3.05) is 11.5 Å². The summed E-state index contributed by atoms with van der Waals surface area (Å²) < 4.78 is 22.7. The van der Waals surface area contributed by atoms with Crippen LogP contribution >= 0.6 is 0 Å². The highest BCUT2D eigenvalue weighted by Crippen LogP contribution is 2.13. The quantitative estimate of drug-likeness (QED) is 0.671. The Morgan fingerprint density at radius 1 is 1.38 bits per heavy atom. The van der Waals surface area contributed by atoms with Crippen molar-refractivity contribution in [2.24, 2.45) is 0 Å². The summed E-state index contributed by atoms with van der Waals surface area (Å²) in [5.41, 5.74) is 1.82. The third-order valence-corrected chi connectivity index (χ3v) is 5.09. The molecular weight excluding hydrogens is 288 g/mol. The van der Waals surface area contributed by atoms with Gasteiger partial charge in [-0.05, 0) is 25.0 Å². The summed E-state index contributed by atoms with van der Waals surface area (Å²) in [5, 5.41) is 11.7. The number of hydrogen-bond acceptors (Lipinski definition) is 4. The van der Waals surface area contributed by atoms with Gasteiger partial charge in [0.2, 0.25) is 0 Å². The second kappa shape index (κ2) is 6.10. The molecule has 0 aliphatic carbocycles. The number of carbonyl (C=O) groups excluding carboxylic acids is 1. The zero-order valence-electron chi connectivity index (χ0n) is 11.7. The first-order valence-corrected chi connectivity index (χ1v) is 8.41. The third kappa shape index (κ3) is 4.17. The molecule has 6 heteroatoms. The van der Waals surface area contributed by atoms with Gasteiger partial charge in [0.05, 0.1) is 11.5 Å². The lowest BCUT2D eigenvalue weighted by Gasteiger charge is -2.09. The van der Waals surface area contributed by atoms with Crippen LogP contribution in [0.2, 0.25) is 0 Å². The number of nitrogens with one attached hydrogen (secondary N) is 1. The maximum atomic E-state index is 12.0. The molecule has 1 amide bonds. The van der Waals surface area contributed by atoms with Crippen molar-refractivity contribution in [3.8, 4) is 6.07 Å². The van der Waals surface area contributed by atoms with Gasteiger partial charge in [-0.25, -0.2) is 8.42 Å². The fraction of sp³-hybridized carbons (Fsp3) is 0.333. The Morgan fingerprint density at radius 3 is 2.57 bits per heavy atom. The normalized spacial score (nSPS) is 20.8. The Hall–Kier alpha value is -2.13. The first-order chi connectivity index (χ1) is 9.89. The number of rotatable bonds is 3. The second-order valence-corrected chi connectivity index (χ2v) is 7.38. The monoisotopic (exact) mass is 304 g/mol. The van der Waals surface area contributed by atoms with E-state index < -0.39 is 21.8 Å². The van der Waals surface area contributed by atoms with Gasteiger partial charge in [0.1, 0.15) is 11.6 Å². The van der Waals surface area contributed by atoms with E-state index in [2.05, 4.69) is 5.32 Å². The molecule has 21 heavy (non-hydrogen) atoms. The van der Waals surface area contributed by atoms with Crippen LogP contribution in [0.5, 0.6) is 0 Å². The van der Waals surface area contributed by atoms with Gasteiger partial charge >= 0.3 is 0 Å². The smallest absolute Gasteiger partial charge is 0.262 e. The van der Waals surface area contributed by atoms with Crippen LogP contribution in [0.15, 0.2) is 29.8 Å². The van der Waals surface area contributed by atoms with E-state index in [9.17, 15) is 13.2 Å². The predicted octanol–water partition coefficient (Wildman–Crippen LogP) is 1.21. The summed E-state index contributed by atoms with van der Waals surface area (Å²) >= 11 is 0. The third-order valence-electron chi connectivity index (χ3n) is 3.32. The molecule has 1 aliphatic rings. The fourth-order valence-electron chi connectivity index (χ4n) is 2.15. The van der Waals surface area contributed by atoms with Gasteiger partial charge in [-0.3, -0.25) is 4.79 Å². The van der Waals surface area contributed by atoms with Crippen LogP contribution in [0.3, 0.4) is 0 Å². The zero-order chi connectivity index (χ0) is 15.5. The van der Waals surface area contributed by atoms with Crippen molar-refractivity contribution in [3.05, 3.63) is 41.0 Å². The van der Waals surface area contributed by atoms with Gasteiger partial charge in [0, 0.05) is 6.04 Å². The Labute approximate surface area is 124 Å². The van der Waals surface area contributed by atoms with E-state index in [1.54, 1.807) is 0 Å². The number of carbonyl (C=O) groups is 1. The van der Waals surface area contributed by atoms with E-state index in [1.807, 2.05) is 37.3 Å². The number of nitrogens with zero attached hydrogens (tertiary/aromatic N) is 1. The average molecular weight is 304 g/mol. The van der Waals surface area contributed by atoms with E-state index in [1.165, 1.54) is 6.08 Å². The van der Waals surface area contributed by atoms with Crippen molar-refractivity contribution in [2.45, 2.75) is 19.4 Å². The van der Waals surface area contributed by atoms with Crippen LogP contribution < -0.4 is 5.32 Å². The van der Waals surface area contributed by atoms with Gasteiger partial charge in [-0.15, -0.1) is 0 Å². The average Bonchev–Trinajstić information content (AvgIpc) is 2.77. The molecule has 0 aromatic heterocycles. The number of aryl methyl sites for hydroxylation is 1. The molecule has 1 aromatic rings. The van der Waals surface area contributed by atoms with E-state index in [0.717, 1.165) is 11.1 Å². The summed E-state index contributed by atoms with van der Waals surface area (Å²) in [6.45, 7) is 1.95. The maximum absolute atomic E-state index is 12.0. The van der Waals surface area contributed by atoms with Gasteiger partial charge in [-0.2, -0.15) is 5.26 Å². The van der Waals surface area contributed by atoms with Gasteiger partial charge in [-0.1, -0.05) is 29.8 Å². The number of hydrogen-bond donors (Lipinski definition) is 1. The van der Waals surface area contributed by atoms with Crippen LogP contribution in [0.1, 0.15) is 17.5 Å². The van der Waals surface area contributed by atoms with E-state index in [-0.39, 0.29) is 17.1 Å². The molecule has 1 fully saturated rings. The van der Waals surface area contributed by atoms with Crippen LogP contribution in [0, 0.1) is 18.3 Å². The van der Waals surface area contributed by atoms with Crippen molar-refractivity contribution >= 4 is 21.8 Å². The predicted molar refractivity (Wildman–Crippen MR) is 80.0 cm³/mol. The molecule has 5 nitrogen and oxygen atoms in total. The summed E-state index contributed by atoms with van der Waals surface area (Å²) in [6.07, 6.45) is 1.90. The number of nitriles is 1. The first kappa shape index (κ1) is 15.3. The van der Waals surface area contributed by atoms with Gasteiger partial charge < -0.3 is 5.32 Å². The van der Waals surface area contributed by atoms with Crippen LogP contribution in [0.4, 0.5) is 0 Å².